The van der Waals surface area contributed by atoms with Crippen molar-refractivity contribution in [3.63, 3.8) is 0 Å². The lowest BCUT2D eigenvalue weighted by Gasteiger charge is -2.32. The van der Waals surface area contributed by atoms with Crippen molar-refractivity contribution in [3.8, 4) is 5.75 Å². The Bertz CT molecular complexity index is 781. The van der Waals surface area contributed by atoms with Gasteiger partial charge in [0.05, 0.1) is 0 Å². The molecule has 0 atom stereocenters. The van der Waals surface area contributed by atoms with Crippen LogP contribution in [-0.4, -0.2) is 42.7 Å². The number of nitrogens with zero attached hydrogens (tertiary/aromatic N) is 1. The van der Waals surface area contributed by atoms with Gasteiger partial charge in [-0.05, 0) is 44.0 Å². The Morgan fingerprint density at radius 1 is 1.29 bits per heavy atom. The molecule has 1 aliphatic rings. The van der Waals surface area contributed by atoms with Gasteiger partial charge in [-0.2, -0.15) is 0 Å². The van der Waals surface area contributed by atoms with E-state index in [2.05, 4.69) is 0 Å². The Morgan fingerprint density at radius 3 is 2.54 bits per heavy atom. The first-order valence-corrected chi connectivity index (χ1v) is 9.37. The number of carbonyl (C=O) groups excluding carboxylic acids is 2. The number of hydrogen-bond acceptors (Lipinski definition) is 4. The number of hydrogen-bond donors (Lipinski definition) is 1. The van der Waals surface area contributed by atoms with Gasteiger partial charge in [0.25, 0.3) is 5.91 Å². The highest BCUT2D eigenvalue weighted by Gasteiger charge is 2.27. The minimum atomic E-state index is -0.971. The molecule has 154 valence electrons. The molecule has 0 saturated carbocycles. The lowest BCUT2D eigenvalue weighted by molar-refractivity contribution is 0.0688. The number of rotatable bonds is 6. The molecule has 0 spiro atoms. The third kappa shape index (κ3) is 5.24. The standard InChI is InChI=1S/C21H29FN2O4/c1-13(2)24-9-8-14-10-16(6-7-17(14)19(24)25)27-11-15(12-28-20(23)26)18(22)21(3,4)5/h6-7,10,13H,8-9,11-12H2,1-5H3,(H2,23,26). The molecule has 1 aliphatic heterocycles. The van der Waals surface area contributed by atoms with Crippen LogP contribution in [0, 0.1) is 5.41 Å². The van der Waals surface area contributed by atoms with Gasteiger partial charge < -0.3 is 20.1 Å². The van der Waals surface area contributed by atoms with Crippen molar-refractivity contribution >= 4 is 12.0 Å². The Hall–Kier alpha value is -2.57. The largest absolute Gasteiger partial charge is 0.489 e. The fraction of sp³-hybridized carbons (Fsp3) is 0.524. The fourth-order valence-corrected chi connectivity index (χ4v) is 3.09. The van der Waals surface area contributed by atoms with E-state index in [1.165, 1.54) is 0 Å². The van der Waals surface area contributed by atoms with E-state index in [1.807, 2.05) is 24.8 Å². The number of primary amides is 1. The van der Waals surface area contributed by atoms with E-state index in [1.54, 1.807) is 32.9 Å². The second-order valence-corrected chi connectivity index (χ2v) is 8.23. The van der Waals surface area contributed by atoms with Crippen LogP contribution in [-0.2, 0) is 11.2 Å². The molecule has 0 unspecified atom stereocenters. The number of allylic oxidation sites excluding steroid dienone is 1. The highest BCUT2D eigenvalue weighted by molar-refractivity contribution is 5.97. The van der Waals surface area contributed by atoms with Gasteiger partial charge in [-0.25, -0.2) is 9.18 Å². The van der Waals surface area contributed by atoms with E-state index < -0.39 is 17.3 Å². The molecule has 1 heterocycles. The first-order valence-electron chi connectivity index (χ1n) is 9.37. The average molecular weight is 392 g/mol. The Morgan fingerprint density at radius 2 is 1.96 bits per heavy atom. The molecule has 2 N–H and O–H groups in total. The minimum Gasteiger partial charge on any atom is -0.489 e. The summed E-state index contributed by atoms with van der Waals surface area (Å²) in [4.78, 5) is 25.3. The van der Waals surface area contributed by atoms with E-state index in [9.17, 15) is 14.0 Å². The highest BCUT2D eigenvalue weighted by Crippen LogP contribution is 2.30. The van der Waals surface area contributed by atoms with Gasteiger partial charge in [-0.3, -0.25) is 4.79 Å². The van der Waals surface area contributed by atoms with E-state index in [0.717, 1.165) is 12.0 Å². The Kier molecular flexibility index (Phi) is 6.69. The quantitative estimate of drug-likeness (QED) is 0.797. The summed E-state index contributed by atoms with van der Waals surface area (Å²) >= 11 is 0. The molecular weight excluding hydrogens is 363 g/mol. The summed E-state index contributed by atoms with van der Waals surface area (Å²) in [5.74, 6) is 0.134. The van der Waals surface area contributed by atoms with Crippen LogP contribution in [0.25, 0.3) is 0 Å². The lowest BCUT2D eigenvalue weighted by Crippen LogP contribution is -2.42. The molecule has 0 fully saturated rings. The summed E-state index contributed by atoms with van der Waals surface area (Å²) in [6.45, 7) is 9.45. The van der Waals surface area contributed by atoms with E-state index in [0.29, 0.717) is 17.9 Å². The van der Waals surface area contributed by atoms with E-state index >= 15 is 0 Å². The SMILES string of the molecule is CC(C)N1CCc2cc(OCC(COC(N)=O)=C(F)C(C)(C)C)ccc2C1=O. The van der Waals surface area contributed by atoms with Crippen LogP contribution in [0.2, 0.25) is 0 Å². The fourth-order valence-electron chi connectivity index (χ4n) is 3.09. The lowest BCUT2D eigenvalue weighted by atomic mass is 9.92. The van der Waals surface area contributed by atoms with Crippen molar-refractivity contribution in [3.05, 3.63) is 40.7 Å². The molecule has 0 aliphatic carbocycles. The third-order valence-corrected chi connectivity index (χ3v) is 4.58. The van der Waals surface area contributed by atoms with Crippen LogP contribution in [0.5, 0.6) is 5.75 Å². The monoisotopic (exact) mass is 392 g/mol. The van der Waals surface area contributed by atoms with E-state index in [4.69, 9.17) is 15.2 Å². The summed E-state index contributed by atoms with van der Waals surface area (Å²) in [5, 5.41) is 0. The normalized spacial score (nSPS) is 15.2. The number of fused-ring (bicyclic) bond motifs is 1. The van der Waals surface area contributed by atoms with E-state index in [-0.39, 0.29) is 30.7 Å². The van der Waals surface area contributed by atoms with Crippen molar-refractivity contribution in [2.75, 3.05) is 19.8 Å². The zero-order valence-corrected chi connectivity index (χ0v) is 17.2. The van der Waals surface area contributed by atoms with Gasteiger partial charge in [0.15, 0.2) is 0 Å². The Balaban J connectivity index is 2.16. The maximum Gasteiger partial charge on any atom is 0.404 e. The van der Waals surface area contributed by atoms with Crippen molar-refractivity contribution in [1.29, 1.82) is 0 Å². The van der Waals surface area contributed by atoms with Gasteiger partial charge in [0, 0.05) is 29.1 Å². The molecule has 0 radical (unpaired) electrons. The Labute approximate surface area is 165 Å². The number of ether oxygens (including phenoxy) is 2. The van der Waals surface area contributed by atoms with Crippen molar-refractivity contribution < 1.29 is 23.5 Å². The van der Waals surface area contributed by atoms with Crippen LogP contribution in [0.3, 0.4) is 0 Å². The summed E-state index contributed by atoms with van der Waals surface area (Å²) in [5.41, 5.74) is 6.04. The van der Waals surface area contributed by atoms with Gasteiger partial charge in [-0.15, -0.1) is 0 Å². The van der Waals surface area contributed by atoms with Gasteiger partial charge in [0.2, 0.25) is 0 Å². The summed E-state index contributed by atoms with van der Waals surface area (Å²) < 4.78 is 25.2. The molecule has 1 aromatic carbocycles. The van der Waals surface area contributed by atoms with Crippen LogP contribution >= 0.6 is 0 Å². The number of benzene rings is 1. The number of carbonyl (C=O) groups is 2. The molecule has 6 nitrogen and oxygen atoms in total. The van der Waals surface area contributed by atoms with Crippen molar-refractivity contribution in [2.24, 2.45) is 11.1 Å². The molecule has 0 aromatic heterocycles. The molecule has 7 heteroatoms. The first-order chi connectivity index (χ1) is 13.0. The molecule has 0 saturated heterocycles. The smallest absolute Gasteiger partial charge is 0.404 e. The predicted molar refractivity (Wildman–Crippen MR) is 105 cm³/mol. The molecular formula is C21H29FN2O4. The van der Waals surface area contributed by atoms with Crippen LogP contribution in [0.4, 0.5) is 9.18 Å². The average Bonchev–Trinajstić information content (AvgIpc) is 2.60. The maximum absolute atomic E-state index is 14.7. The number of halogens is 1. The highest BCUT2D eigenvalue weighted by atomic mass is 19.1. The minimum absolute atomic E-state index is 0.0111. The number of nitrogens with two attached hydrogens (primary N) is 1. The summed E-state index contributed by atoms with van der Waals surface area (Å²) in [7, 11) is 0. The molecule has 2 amide bonds. The number of amides is 2. The predicted octanol–water partition coefficient (Wildman–Crippen LogP) is 3.84. The van der Waals surface area contributed by atoms with Crippen LogP contribution in [0.15, 0.2) is 29.6 Å². The van der Waals surface area contributed by atoms with Gasteiger partial charge in [0.1, 0.15) is 24.8 Å². The zero-order chi connectivity index (χ0) is 21.1. The third-order valence-electron chi connectivity index (χ3n) is 4.58. The molecule has 28 heavy (non-hydrogen) atoms. The first kappa shape index (κ1) is 21.7. The van der Waals surface area contributed by atoms with Crippen molar-refractivity contribution in [1.82, 2.24) is 4.90 Å². The van der Waals surface area contributed by atoms with Gasteiger partial charge >= 0.3 is 6.09 Å². The summed E-state index contributed by atoms with van der Waals surface area (Å²) in [6, 6.07) is 5.40. The van der Waals surface area contributed by atoms with Crippen LogP contribution in [0.1, 0.15) is 50.5 Å². The zero-order valence-electron chi connectivity index (χ0n) is 17.2. The second-order valence-electron chi connectivity index (χ2n) is 8.23. The maximum atomic E-state index is 14.7. The topological polar surface area (TPSA) is 81.9 Å². The summed E-state index contributed by atoms with van der Waals surface area (Å²) in [6.07, 6.45) is -0.235. The second kappa shape index (κ2) is 8.63. The van der Waals surface area contributed by atoms with Gasteiger partial charge in [-0.1, -0.05) is 20.8 Å². The van der Waals surface area contributed by atoms with Crippen molar-refractivity contribution in [2.45, 2.75) is 47.1 Å². The molecule has 1 aromatic rings. The molecule has 2 rings (SSSR count). The molecule has 0 bridgehead atoms. The van der Waals surface area contributed by atoms with Crippen LogP contribution < -0.4 is 10.5 Å².